The fourth-order valence-corrected chi connectivity index (χ4v) is 6.29. The monoisotopic (exact) mass is 536 g/mol. The highest BCUT2D eigenvalue weighted by Gasteiger charge is 2.48. The molecule has 2 N–H and O–H groups in total. The molecule has 0 unspecified atom stereocenters. The summed E-state index contributed by atoms with van der Waals surface area (Å²) in [5, 5.41) is 15.0. The molecule has 2 aliphatic rings. The quantitative estimate of drug-likeness (QED) is 0.409. The average Bonchev–Trinajstić information content (AvgIpc) is 2.90. The molecule has 2 amide bonds. The molecule has 1 heterocycles. The summed E-state index contributed by atoms with van der Waals surface area (Å²) >= 11 is 12.9. The zero-order chi connectivity index (χ0) is 25.9. The molecule has 1 aliphatic carbocycles. The molecule has 5 nitrogen and oxygen atoms in total. The second-order valence-corrected chi connectivity index (χ2v) is 10.7. The fourth-order valence-electron chi connectivity index (χ4n) is 5.77. The highest BCUT2D eigenvalue weighted by atomic mass is 35.5. The van der Waals surface area contributed by atoms with E-state index in [4.69, 9.17) is 23.2 Å². The Bertz CT molecular complexity index is 1280. The number of nitrogens with one attached hydrogen (secondary N) is 1. The highest BCUT2D eigenvalue weighted by molar-refractivity contribution is 6.35. The van der Waals surface area contributed by atoms with E-state index >= 15 is 0 Å². The lowest BCUT2D eigenvalue weighted by Crippen LogP contribution is -2.55. The Kier molecular flexibility index (Phi) is 7.84. The maximum absolute atomic E-state index is 14.0. The van der Waals surface area contributed by atoms with Crippen LogP contribution in [0.5, 0.6) is 0 Å². The van der Waals surface area contributed by atoms with Gasteiger partial charge in [-0.2, -0.15) is 0 Å². The first kappa shape index (κ1) is 25.8. The van der Waals surface area contributed by atoms with Crippen molar-refractivity contribution in [1.29, 1.82) is 0 Å². The van der Waals surface area contributed by atoms with Gasteiger partial charge >= 0.3 is 0 Å². The van der Waals surface area contributed by atoms with Gasteiger partial charge in [0.15, 0.2) is 0 Å². The largest absolute Gasteiger partial charge is 0.391 e. The molecule has 3 aromatic rings. The summed E-state index contributed by atoms with van der Waals surface area (Å²) in [6, 6.07) is 21.3. The summed E-state index contributed by atoms with van der Waals surface area (Å²) in [5.41, 5.74) is 2.94. The lowest BCUT2D eigenvalue weighted by molar-refractivity contribution is -0.125. The minimum absolute atomic E-state index is 0.179. The second-order valence-electron chi connectivity index (χ2n) is 9.83. The van der Waals surface area contributed by atoms with Crippen LogP contribution >= 0.6 is 23.2 Å². The van der Waals surface area contributed by atoms with Gasteiger partial charge in [-0.25, -0.2) is 0 Å². The molecule has 37 heavy (non-hydrogen) atoms. The minimum atomic E-state index is -0.697. The molecule has 1 aliphatic heterocycles. The molecule has 0 spiro atoms. The van der Waals surface area contributed by atoms with E-state index in [2.05, 4.69) is 5.32 Å². The molecule has 0 saturated heterocycles. The number of carbonyl (C=O) groups excluding carboxylic acids is 2. The van der Waals surface area contributed by atoms with E-state index in [0.29, 0.717) is 52.5 Å². The van der Waals surface area contributed by atoms with Gasteiger partial charge < -0.3 is 15.3 Å². The first-order chi connectivity index (χ1) is 18.0. The molecule has 4 atom stereocenters. The Morgan fingerprint density at radius 3 is 2.43 bits per heavy atom. The number of halogens is 2. The molecule has 192 valence electrons. The molecule has 7 heteroatoms. The smallest absolute Gasteiger partial charge is 0.255 e. The van der Waals surface area contributed by atoms with Gasteiger partial charge in [0.05, 0.1) is 24.1 Å². The van der Waals surface area contributed by atoms with E-state index in [1.165, 1.54) is 0 Å². The maximum Gasteiger partial charge on any atom is 0.255 e. The Hall–Kier alpha value is -2.86. The van der Waals surface area contributed by atoms with Crippen molar-refractivity contribution in [3.8, 4) is 0 Å². The van der Waals surface area contributed by atoms with Crippen LogP contribution in [-0.2, 0) is 11.2 Å². The Balaban J connectivity index is 1.57. The molecule has 1 fully saturated rings. The summed E-state index contributed by atoms with van der Waals surface area (Å²) < 4.78 is 0. The van der Waals surface area contributed by atoms with Gasteiger partial charge in [-0.3, -0.25) is 9.59 Å². The molecule has 1 saturated carbocycles. The predicted molar refractivity (Wildman–Crippen MR) is 146 cm³/mol. The SMILES string of the molecule is O=C(NCCc1ccccc1)[C@@H]1c2ccccc2C(=O)N([C@H]2CCCC[C@@H]2O)[C@H]1c1ccc(Cl)cc1Cl. The van der Waals surface area contributed by atoms with E-state index in [9.17, 15) is 14.7 Å². The van der Waals surface area contributed by atoms with E-state index in [1.807, 2.05) is 48.5 Å². The van der Waals surface area contributed by atoms with Gasteiger partial charge in [-0.15, -0.1) is 0 Å². The molecule has 0 radical (unpaired) electrons. The van der Waals surface area contributed by atoms with Crippen LogP contribution in [0.3, 0.4) is 0 Å². The van der Waals surface area contributed by atoms with Crippen molar-refractivity contribution >= 4 is 35.0 Å². The highest BCUT2D eigenvalue weighted by Crippen LogP contribution is 2.47. The number of aliphatic hydroxyl groups excluding tert-OH is 1. The van der Waals surface area contributed by atoms with Crippen LogP contribution in [-0.4, -0.2) is 40.5 Å². The lowest BCUT2D eigenvalue weighted by atomic mass is 9.76. The number of amides is 2. The summed E-state index contributed by atoms with van der Waals surface area (Å²) in [4.78, 5) is 29.7. The van der Waals surface area contributed by atoms with Crippen molar-refractivity contribution in [2.45, 2.75) is 56.2 Å². The molecule has 3 aromatic carbocycles. The van der Waals surface area contributed by atoms with Gasteiger partial charge in [0.25, 0.3) is 5.91 Å². The number of hydrogen-bond donors (Lipinski definition) is 2. The summed E-state index contributed by atoms with van der Waals surface area (Å²) in [7, 11) is 0. The van der Waals surface area contributed by atoms with Gasteiger partial charge in [0.2, 0.25) is 5.91 Å². The van der Waals surface area contributed by atoms with Crippen LogP contribution in [0.15, 0.2) is 72.8 Å². The summed E-state index contributed by atoms with van der Waals surface area (Å²) in [6.45, 7) is 0.461. The minimum Gasteiger partial charge on any atom is -0.391 e. The predicted octanol–water partition coefficient (Wildman–Crippen LogP) is 5.94. The third-order valence-electron chi connectivity index (χ3n) is 7.55. The van der Waals surface area contributed by atoms with Crippen molar-refractivity contribution in [1.82, 2.24) is 10.2 Å². The van der Waals surface area contributed by atoms with Gasteiger partial charge in [0.1, 0.15) is 0 Å². The first-order valence-electron chi connectivity index (χ1n) is 12.8. The molecular weight excluding hydrogens is 507 g/mol. The van der Waals surface area contributed by atoms with E-state index in [0.717, 1.165) is 18.4 Å². The number of rotatable bonds is 6. The fraction of sp³-hybridized carbons (Fsp3) is 0.333. The number of carbonyl (C=O) groups is 2. The van der Waals surface area contributed by atoms with Crippen molar-refractivity contribution in [2.75, 3.05) is 6.54 Å². The number of hydrogen-bond acceptors (Lipinski definition) is 3. The van der Waals surface area contributed by atoms with E-state index in [-0.39, 0.29) is 11.8 Å². The third kappa shape index (κ3) is 5.26. The van der Waals surface area contributed by atoms with Crippen molar-refractivity contribution < 1.29 is 14.7 Å². The summed E-state index contributed by atoms with van der Waals surface area (Å²) in [6.07, 6.45) is 3.12. The van der Waals surface area contributed by atoms with Crippen LogP contribution < -0.4 is 5.32 Å². The van der Waals surface area contributed by atoms with Crippen LogP contribution in [0.4, 0.5) is 0 Å². The zero-order valence-corrected chi connectivity index (χ0v) is 22.0. The van der Waals surface area contributed by atoms with Crippen molar-refractivity contribution in [3.63, 3.8) is 0 Å². The van der Waals surface area contributed by atoms with Gasteiger partial charge in [0, 0.05) is 22.2 Å². The van der Waals surface area contributed by atoms with E-state index < -0.39 is 24.1 Å². The van der Waals surface area contributed by atoms with Crippen LogP contribution in [0.1, 0.15) is 64.7 Å². The molecular formula is C30H30Cl2N2O3. The lowest BCUT2D eigenvalue weighted by Gasteiger charge is -2.48. The number of nitrogens with zero attached hydrogens (tertiary/aromatic N) is 1. The number of aliphatic hydroxyl groups is 1. The number of benzene rings is 3. The van der Waals surface area contributed by atoms with Gasteiger partial charge in [-0.1, -0.05) is 90.6 Å². The topological polar surface area (TPSA) is 69.6 Å². The Morgan fingerprint density at radius 1 is 0.946 bits per heavy atom. The van der Waals surface area contributed by atoms with Crippen molar-refractivity contribution in [2.24, 2.45) is 0 Å². The van der Waals surface area contributed by atoms with Gasteiger partial charge in [-0.05, 0) is 54.2 Å². The van der Waals surface area contributed by atoms with Crippen LogP contribution in [0, 0.1) is 0 Å². The standard InChI is InChI=1S/C30H30Cl2N2O3/c31-20-14-15-23(24(32)18-20)28-27(29(36)33-17-16-19-8-2-1-3-9-19)21-10-4-5-11-22(21)30(37)34(28)25-12-6-7-13-26(25)35/h1-5,8-11,14-15,18,25-28,35H,6-7,12-13,16-17H2,(H,33,36)/t25-,26-,27+,28-/m0/s1. The average molecular weight is 537 g/mol. The first-order valence-corrected chi connectivity index (χ1v) is 13.6. The number of fused-ring (bicyclic) bond motifs is 1. The molecule has 0 bridgehead atoms. The maximum atomic E-state index is 14.0. The van der Waals surface area contributed by atoms with Crippen LogP contribution in [0.2, 0.25) is 10.0 Å². The zero-order valence-electron chi connectivity index (χ0n) is 20.4. The third-order valence-corrected chi connectivity index (χ3v) is 8.11. The molecule has 5 rings (SSSR count). The van der Waals surface area contributed by atoms with E-state index in [1.54, 1.807) is 29.2 Å². The molecule has 0 aromatic heterocycles. The van der Waals surface area contributed by atoms with Crippen LogP contribution in [0.25, 0.3) is 0 Å². The second kappa shape index (κ2) is 11.3. The summed E-state index contributed by atoms with van der Waals surface area (Å²) in [5.74, 6) is -1.06. The Labute approximate surface area is 227 Å². The normalized spacial score (nSPS) is 23.4. The Morgan fingerprint density at radius 2 is 1.68 bits per heavy atom. The van der Waals surface area contributed by atoms with Crippen molar-refractivity contribution in [3.05, 3.63) is 105 Å².